The Hall–Kier alpha value is -2.16. The molecule has 0 heterocycles. The molecule has 0 bridgehead atoms. The molecule has 0 spiro atoms. The number of hydrogen-bond donors (Lipinski definition) is 1. The van der Waals surface area contributed by atoms with Gasteiger partial charge >= 0.3 is 6.18 Å². The van der Waals surface area contributed by atoms with E-state index >= 15 is 0 Å². The Morgan fingerprint density at radius 1 is 1.40 bits per heavy atom. The number of ether oxygens (including phenoxy) is 1. The van der Waals surface area contributed by atoms with Crippen LogP contribution in [0.25, 0.3) is 0 Å². The second kappa shape index (κ2) is 6.85. The molecule has 0 unspecified atom stereocenters. The van der Waals surface area contributed by atoms with Crippen molar-refractivity contribution >= 4 is 5.91 Å². The van der Waals surface area contributed by atoms with Crippen LogP contribution >= 0.6 is 0 Å². The third kappa shape index (κ3) is 4.84. The first kappa shape index (κ1) is 15.9. The zero-order chi connectivity index (χ0) is 15.2. The van der Waals surface area contributed by atoms with Gasteiger partial charge in [0.15, 0.2) is 0 Å². The summed E-state index contributed by atoms with van der Waals surface area (Å²) in [5.41, 5.74) is -0.401. The molecule has 1 amide bonds. The second-order valence-corrected chi connectivity index (χ2v) is 3.95. The maximum Gasteiger partial charge on any atom is 0.419 e. The monoisotopic (exact) mass is 285 g/mol. The molecule has 1 N–H and O–H groups in total. The lowest BCUT2D eigenvalue weighted by Gasteiger charge is -2.11. The highest BCUT2D eigenvalue weighted by atomic mass is 19.4. The van der Waals surface area contributed by atoms with Gasteiger partial charge in [-0.05, 0) is 18.2 Å². The van der Waals surface area contributed by atoms with Gasteiger partial charge in [-0.3, -0.25) is 4.79 Å². The van der Waals surface area contributed by atoms with Crippen molar-refractivity contribution in [3.63, 3.8) is 0 Å². The lowest BCUT2D eigenvalue weighted by Crippen LogP contribution is -2.20. The number of alkyl halides is 3. The highest BCUT2D eigenvalue weighted by Crippen LogP contribution is 2.36. The maximum absolute atomic E-state index is 12.6. The fourth-order valence-electron chi connectivity index (χ4n) is 1.47. The van der Waals surface area contributed by atoms with Crippen LogP contribution in [0.3, 0.4) is 0 Å². The molecule has 20 heavy (non-hydrogen) atoms. The molecule has 0 aliphatic carbocycles. The van der Waals surface area contributed by atoms with E-state index in [4.69, 9.17) is 4.74 Å². The van der Waals surface area contributed by atoms with Crippen LogP contribution in [-0.4, -0.2) is 19.6 Å². The van der Waals surface area contributed by atoms with Crippen molar-refractivity contribution in [2.75, 3.05) is 13.7 Å². The molecule has 6 heteroatoms. The molecule has 0 aliphatic heterocycles. The summed E-state index contributed by atoms with van der Waals surface area (Å²) < 4.78 is 42.6. The third-order valence-corrected chi connectivity index (χ3v) is 2.36. The minimum atomic E-state index is -4.46. The summed E-state index contributed by atoms with van der Waals surface area (Å²) in [4.78, 5) is 10.6. The van der Waals surface area contributed by atoms with Crippen molar-refractivity contribution in [3.05, 3.63) is 29.3 Å². The van der Waals surface area contributed by atoms with Gasteiger partial charge in [-0.1, -0.05) is 11.8 Å². The van der Waals surface area contributed by atoms with Crippen molar-refractivity contribution in [3.8, 4) is 17.6 Å². The third-order valence-electron chi connectivity index (χ3n) is 2.36. The number of rotatable bonds is 3. The minimum Gasteiger partial charge on any atom is -0.496 e. The van der Waals surface area contributed by atoms with Crippen LogP contribution in [0.15, 0.2) is 18.2 Å². The van der Waals surface area contributed by atoms with Crippen molar-refractivity contribution in [2.24, 2.45) is 0 Å². The summed E-state index contributed by atoms with van der Waals surface area (Å²) in [6, 6.07) is 3.47. The topological polar surface area (TPSA) is 38.3 Å². The number of hydrogen-bond acceptors (Lipinski definition) is 2. The van der Waals surface area contributed by atoms with E-state index in [9.17, 15) is 18.0 Å². The Balaban J connectivity index is 2.79. The molecule has 3 nitrogen and oxygen atoms in total. The smallest absolute Gasteiger partial charge is 0.419 e. The Morgan fingerprint density at radius 2 is 2.10 bits per heavy atom. The quantitative estimate of drug-likeness (QED) is 0.685. The fourth-order valence-corrected chi connectivity index (χ4v) is 1.47. The van der Waals surface area contributed by atoms with Crippen LogP contribution < -0.4 is 10.1 Å². The van der Waals surface area contributed by atoms with E-state index in [2.05, 4.69) is 17.2 Å². The lowest BCUT2D eigenvalue weighted by molar-refractivity contribution is -0.138. The predicted octanol–water partition coefficient (Wildman–Crippen LogP) is 2.59. The van der Waals surface area contributed by atoms with E-state index in [0.29, 0.717) is 18.5 Å². The van der Waals surface area contributed by atoms with E-state index in [0.717, 1.165) is 6.07 Å². The van der Waals surface area contributed by atoms with Crippen molar-refractivity contribution in [1.29, 1.82) is 0 Å². The van der Waals surface area contributed by atoms with Crippen molar-refractivity contribution in [1.82, 2.24) is 5.32 Å². The van der Waals surface area contributed by atoms with Gasteiger partial charge in [0, 0.05) is 25.5 Å². The van der Waals surface area contributed by atoms with Gasteiger partial charge in [0.05, 0.1) is 12.7 Å². The van der Waals surface area contributed by atoms with Crippen LogP contribution in [0.4, 0.5) is 13.2 Å². The van der Waals surface area contributed by atoms with E-state index in [1.807, 2.05) is 0 Å². The van der Waals surface area contributed by atoms with E-state index in [-0.39, 0.29) is 11.7 Å². The first-order valence-electron chi connectivity index (χ1n) is 5.83. The summed E-state index contributed by atoms with van der Waals surface area (Å²) in [6.07, 6.45) is -4.04. The normalized spacial score (nSPS) is 10.4. The number of methoxy groups -OCH3 is 1. The van der Waals surface area contributed by atoms with Crippen molar-refractivity contribution in [2.45, 2.75) is 19.5 Å². The van der Waals surface area contributed by atoms with Gasteiger partial charge in [-0.15, -0.1) is 0 Å². The summed E-state index contributed by atoms with van der Waals surface area (Å²) >= 11 is 0. The van der Waals surface area contributed by atoms with E-state index < -0.39 is 11.7 Å². The van der Waals surface area contributed by atoms with Crippen LogP contribution in [0.1, 0.15) is 24.5 Å². The summed E-state index contributed by atoms with van der Waals surface area (Å²) in [5, 5.41) is 2.57. The summed E-state index contributed by atoms with van der Waals surface area (Å²) in [5.74, 6) is 5.08. The van der Waals surface area contributed by atoms with Crippen LogP contribution in [0, 0.1) is 11.8 Å². The van der Waals surface area contributed by atoms with E-state index in [1.54, 1.807) is 0 Å². The van der Waals surface area contributed by atoms with Gasteiger partial charge in [0.1, 0.15) is 5.75 Å². The Morgan fingerprint density at radius 3 is 2.65 bits per heavy atom. The molecule has 1 aromatic rings. The molecule has 0 atom stereocenters. The van der Waals surface area contributed by atoms with Gasteiger partial charge in [0.25, 0.3) is 0 Å². The number of halogens is 3. The number of nitrogens with one attached hydrogen (secondary N) is 1. The molecular weight excluding hydrogens is 271 g/mol. The Kier molecular flexibility index (Phi) is 5.44. The van der Waals surface area contributed by atoms with E-state index in [1.165, 1.54) is 26.2 Å². The van der Waals surface area contributed by atoms with Gasteiger partial charge in [0.2, 0.25) is 5.91 Å². The molecule has 0 radical (unpaired) electrons. The van der Waals surface area contributed by atoms with Crippen LogP contribution in [-0.2, 0) is 11.0 Å². The predicted molar refractivity (Wildman–Crippen MR) is 68.2 cm³/mol. The zero-order valence-electron chi connectivity index (χ0n) is 11.1. The first-order chi connectivity index (χ1) is 9.34. The molecule has 0 aliphatic rings. The summed E-state index contributed by atoms with van der Waals surface area (Å²) in [7, 11) is 1.18. The number of carbonyl (C=O) groups excluding carboxylic acids is 1. The second-order valence-electron chi connectivity index (χ2n) is 3.95. The Bertz CT molecular complexity index is 542. The summed E-state index contributed by atoms with van der Waals surface area (Å²) in [6.45, 7) is 1.80. The van der Waals surface area contributed by atoms with Gasteiger partial charge < -0.3 is 10.1 Å². The molecule has 1 rings (SSSR count). The number of amides is 1. The van der Waals surface area contributed by atoms with Crippen LogP contribution in [0.2, 0.25) is 0 Å². The maximum atomic E-state index is 12.6. The first-order valence-corrected chi connectivity index (χ1v) is 5.83. The zero-order valence-corrected chi connectivity index (χ0v) is 11.1. The molecule has 0 saturated heterocycles. The molecular formula is C14H14F3NO2. The standard InChI is InChI=1S/C14H14F3NO2/c1-10(19)18-8-4-3-5-11-6-7-12(14(15,16)17)13(9-11)20-2/h6-7,9H,4,8H2,1-2H3,(H,18,19). The Labute approximate surface area is 115 Å². The average molecular weight is 285 g/mol. The average Bonchev–Trinajstić information content (AvgIpc) is 2.36. The highest BCUT2D eigenvalue weighted by molar-refractivity contribution is 5.72. The van der Waals surface area contributed by atoms with Gasteiger partial charge in [-0.25, -0.2) is 0 Å². The lowest BCUT2D eigenvalue weighted by atomic mass is 10.1. The molecule has 108 valence electrons. The molecule has 0 saturated carbocycles. The van der Waals surface area contributed by atoms with Crippen molar-refractivity contribution < 1.29 is 22.7 Å². The number of benzene rings is 1. The fraction of sp³-hybridized carbons (Fsp3) is 0.357. The minimum absolute atomic E-state index is 0.150. The molecule has 0 fully saturated rings. The molecule has 0 aromatic heterocycles. The number of carbonyl (C=O) groups is 1. The highest BCUT2D eigenvalue weighted by Gasteiger charge is 2.34. The SMILES string of the molecule is COc1cc(C#CCCNC(C)=O)ccc1C(F)(F)F. The van der Waals surface area contributed by atoms with Crippen LogP contribution in [0.5, 0.6) is 5.75 Å². The molecule has 1 aromatic carbocycles. The largest absolute Gasteiger partial charge is 0.496 e. The van der Waals surface area contributed by atoms with Gasteiger partial charge in [-0.2, -0.15) is 13.2 Å².